The number of hydrogen-bond acceptors (Lipinski definition) is 2. The number of benzene rings is 1. The molecule has 2 rings (SSSR count). The Morgan fingerprint density at radius 2 is 2.22 bits per heavy atom. The zero-order chi connectivity index (χ0) is 13.3. The van der Waals surface area contributed by atoms with Crippen LogP contribution in [-0.2, 0) is 0 Å². The first-order chi connectivity index (χ1) is 8.49. The first-order valence-corrected chi connectivity index (χ1v) is 5.97. The van der Waals surface area contributed by atoms with Gasteiger partial charge in [0.2, 0.25) is 0 Å². The Kier molecular flexibility index (Phi) is 3.73. The lowest BCUT2D eigenvalue weighted by Crippen LogP contribution is -2.45. The molecule has 0 aliphatic carbocycles. The van der Waals surface area contributed by atoms with Gasteiger partial charge in [-0.05, 0) is 24.1 Å². The average Bonchev–Trinajstić information content (AvgIpc) is 2.30. The third kappa shape index (κ3) is 2.57. The molecule has 1 saturated heterocycles. The van der Waals surface area contributed by atoms with Gasteiger partial charge in [-0.3, -0.25) is 0 Å². The number of aliphatic hydroxyl groups is 1. The number of aliphatic hydroxyl groups excluding tert-OH is 1. The summed E-state index contributed by atoms with van der Waals surface area (Å²) < 4.78 is 12.9. The lowest BCUT2D eigenvalue weighted by molar-refractivity contribution is 0.0504. The maximum atomic E-state index is 12.9. The molecule has 2 atom stereocenters. The Morgan fingerprint density at radius 1 is 1.50 bits per heavy atom. The SMILES string of the molecule is O=C(O)N1CC[C@H](c2ccc(F)cc2Cl)[C@@H](O)C1. The van der Waals surface area contributed by atoms with Crippen molar-refractivity contribution in [1.82, 2.24) is 4.90 Å². The summed E-state index contributed by atoms with van der Waals surface area (Å²) in [6.45, 7) is 0.387. The summed E-state index contributed by atoms with van der Waals surface area (Å²) in [6, 6.07) is 4.03. The minimum absolute atomic E-state index is 0.0493. The van der Waals surface area contributed by atoms with Crippen LogP contribution in [0.25, 0.3) is 0 Å². The van der Waals surface area contributed by atoms with Crippen LogP contribution < -0.4 is 0 Å². The van der Waals surface area contributed by atoms with Gasteiger partial charge in [-0.25, -0.2) is 9.18 Å². The fourth-order valence-electron chi connectivity index (χ4n) is 2.27. The first kappa shape index (κ1) is 13.1. The monoisotopic (exact) mass is 273 g/mol. The van der Waals surface area contributed by atoms with E-state index in [0.29, 0.717) is 18.5 Å². The predicted octanol–water partition coefficient (Wildman–Crippen LogP) is 2.31. The second kappa shape index (κ2) is 5.12. The normalized spacial score (nSPS) is 24.1. The number of hydrogen-bond donors (Lipinski definition) is 2. The van der Waals surface area contributed by atoms with Crippen LogP contribution in [0.1, 0.15) is 17.9 Å². The summed E-state index contributed by atoms with van der Waals surface area (Å²) in [7, 11) is 0. The number of carbonyl (C=O) groups is 1. The number of rotatable bonds is 1. The van der Waals surface area contributed by atoms with Gasteiger partial charge in [-0.15, -0.1) is 0 Å². The first-order valence-electron chi connectivity index (χ1n) is 5.60. The topological polar surface area (TPSA) is 60.8 Å². The van der Waals surface area contributed by atoms with E-state index in [0.717, 1.165) is 0 Å². The molecule has 1 aromatic rings. The van der Waals surface area contributed by atoms with Crippen molar-refractivity contribution < 1.29 is 19.4 Å². The maximum absolute atomic E-state index is 12.9. The molecule has 1 amide bonds. The number of β-amino-alcohol motifs (C(OH)–C–C–N with tert-alkyl or cyclic N) is 1. The van der Waals surface area contributed by atoms with E-state index in [1.54, 1.807) is 6.07 Å². The summed E-state index contributed by atoms with van der Waals surface area (Å²) in [6.07, 6.45) is -1.39. The molecule has 0 saturated carbocycles. The highest BCUT2D eigenvalue weighted by molar-refractivity contribution is 6.31. The van der Waals surface area contributed by atoms with Crippen molar-refractivity contribution in [3.63, 3.8) is 0 Å². The Balaban J connectivity index is 2.17. The van der Waals surface area contributed by atoms with Gasteiger partial charge in [0, 0.05) is 17.5 Å². The highest BCUT2D eigenvalue weighted by Gasteiger charge is 2.32. The number of carboxylic acid groups (broad SMARTS) is 1. The van der Waals surface area contributed by atoms with Crippen LogP contribution in [0.5, 0.6) is 0 Å². The van der Waals surface area contributed by atoms with E-state index < -0.39 is 18.0 Å². The zero-order valence-corrected chi connectivity index (χ0v) is 10.3. The summed E-state index contributed by atoms with van der Waals surface area (Å²) in [5, 5.41) is 19.1. The van der Waals surface area contributed by atoms with Crippen molar-refractivity contribution in [2.24, 2.45) is 0 Å². The molecule has 0 bridgehead atoms. The molecule has 6 heteroatoms. The van der Waals surface area contributed by atoms with E-state index in [1.165, 1.54) is 17.0 Å². The summed E-state index contributed by atoms with van der Waals surface area (Å²) in [5.41, 5.74) is 0.663. The standard InChI is InChI=1S/C12H13ClFNO3/c13-10-5-7(14)1-2-8(10)9-3-4-15(12(17)18)6-11(9)16/h1-2,5,9,11,16H,3-4,6H2,(H,17,18)/t9-,11+/m1/s1. The van der Waals surface area contributed by atoms with E-state index >= 15 is 0 Å². The Hall–Kier alpha value is -1.33. The van der Waals surface area contributed by atoms with Crippen LogP contribution in [0.15, 0.2) is 18.2 Å². The smallest absolute Gasteiger partial charge is 0.407 e. The van der Waals surface area contributed by atoms with Crippen molar-refractivity contribution in [1.29, 1.82) is 0 Å². The molecule has 98 valence electrons. The van der Waals surface area contributed by atoms with Gasteiger partial charge in [-0.1, -0.05) is 17.7 Å². The Bertz CT molecular complexity index is 469. The van der Waals surface area contributed by atoms with Gasteiger partial charge >= 0.3 is 6.09 Å². The Labute approximate surface area is 109 Å². The number of piperidine rings is 1. The third-order valence-corrected chi connectivity index (χ3v) is 3.54. The van der Waals surface area contributed by atoms with Crippen molar-refractivity contribution in [3.05, 3.63) is 34.6 Å². The van der Waals surface area contributed by atoms with Gasteiger partial charge in [-0.2, -0.15) is 0 Å². The van der Waals surface area contributed by atoms with Crippen molar-refractivity contribution >= 4 is 17.7 Å². The Morgan fingerprint density at radius 3 is 2.78 bits per heavy atom. The van der Waals surface area contributed by atoms with Crippen molar-refractivity contribution in [3.8, 4) is 0 Å². The third-order valence-electron chi connectivity index (χ3n) is 3.21. The number of halogens is 2. The average molecular weight is 274 g/mol. The van der Waals surface area contributed by atoms with Crippen LogP contribution in [-0.4, -0.2) is 40.4 Å². The molecule has 0 radical (unpaired) electrons. The van der Waals surface area contributed by atoms with Crippen molar-refractivity contribution in [2.75, 3.05) is 13.1 Å². The predicted molar refractivity (Wildman–Crippen MR) is 64.4 cm³/mol. The van der Waals surface area contributed by atoms with Crippen LogP contribution in [0, 0.1) is 5.82 Å². The lowest BCUT2D eigenvalue weighted by Gasteiger charge is -2.34. The minimum atomic E-state index is -1.04. The molecule has 0 aromatic heterocycles. The molecule has 0 unspecified atom stereocenters. The van der Waals surface area contributed by atoms with Gasteiger partial charge in [0.1, 0.15) is 5.82 Å². The van der Waals surface area contributed by atoms with E-state index in [4.69, 9.17) is 16.7 Å². The molecular formula is C12H13ClFNO3. The molecule has 2 N–H and O–H groups in total. The van der Waals surface area contributed by atoms with Crippen LogP contribution >= 0.6 is 11.6 Å². The molecule has 1 aromatic carbocycles. The summed E-state index contributed by atoms with van der Waals surface area (Å²) in [5.74, 6) is -0.685. The lowest BCUT2D eigenvalue weighted by atomic mass is 9.87. The fraction of sp³-hybridized carbons (Fsp3) is 0.417. The second-order valence-corrected chi connectivity index (χ2v) is 4.76. The molecule has 1 heterocycles. The maximum Gasteiger partial charge on any atom is 0.407 e. The van der Waals surface area contributed by atoms with Gasteiger partial charge in [0.15, 0.2) is 0 Å². The summed E-state index contributed by atoms with van der Waals surface area (Å²) >= 11 is 5.95. The molecule has 4 nitrogen and oxygen atoms in total. The van der Waals surface area contributed by atoms with E-state index in [-0.39, 0.29) is 17.5 Å². The summed E-state index contributed by atoms with van der Waals surface area (Å²) in [4.78, 5) is 12.0. The van der Waals surface area contributed by atoms with E-state index in [9.17, 15) is 14.3 Å². The van der Waals surface area contributed by atoms with E-state index in [2.05, 4.69) is 0 Å². The van der Waals surface area contributed by atoms with Crippen molar-refractivity contribution in [2.45, 2.75) is 18.4 Å². The molecule has 1 aliphatic heterocycles. The molecule has 1 aliphatic rings. The van der Waals surface area contributed by atoms with Crippen LogP contribution in [0.2, 0.25) is 5.02 Å². The molecule has 1 fully saturated rings. The van der Waals surface area contributed by atoms with Gasteiger partial charge in [0.25, 0.3) is 0 Å². The molecule has 0 spiro atoms. The quantitative estimate of drug-likeness (QED) is 0.825. The highest BCUT2D eigenvalue weighted by atomic mass is 35.5. The number of amides is 1. The minimum Gasteiger partial charge on any atom is -0.465 e. The van der Waals surface area contributed by atoms with E-state index in [1.807, 2.05) is 0 Å². The van der Waals surface area contributed by atoms with Crippen LogP contribution in [0.4, 0.5) is 9.18 Å². The van der Waals surface area contributed by atoms with Gasteiger partial charge in [0.05, 0.1) is 12.6 Å². The second-order valence-electron chi connectivity index (χ2n) is 4.36. The molecule has 18 heavy (non-hydrogen) atoms. The van der Waals surface area contributed by atoms with Gasteiger partial charge < -0.3 is 15.1 Å². The fourth-order valence-corrected chi connectivity index (χ4v) is 2.58. The zero-order valence-electron chi connectivity index (χ0n) is 9.51. The van der Waals surface area contributed by atoms with Crippen LogP contribution in [0.3, 0.4) is 0 Å². The number of nitrogens with zero attached hydrogens (tertiary/aromatic N) is 1. The largest absolute Gasteiger partial charge is 0.465 e. The molecular weight excluding hydrogens is 261 g/mol. The highest BCUT2D eigenvalue weighted by Crippen LogP contribution is 2.33. The number of likely N-dealkylation sites (tertiary alicyclic amines) is 1.